The summed E-state index contributed by atoms with van der Waals surface area (Å²) >= 11 is 1.67. The van der Waals surface area contributed by atoms with E-state index in [0.717, 1.165) is 13.1 Å². The number of rotatable bonds is 7. The number of thiazole rings is 1. The van der Waals surface area contributed by atoms with Gasteiger partial charge in [0.15, 0.2) is 0 Å². The fourth-order valence-corrected chi connectivity index (χ4v) is 2.36. The van der Waals surface area contributed by atoms with Crippen molar-refractivity contribution in [1.82, 2.24) is 15.2 Å². The van der Waals surface area contributed by atoms with Crippen LogP contribution in [0.4, 0.5) is 0 Å². The van der Waals surface area contributed by atoms with E-state index < -0.39 is 0 Å². The second-order valence-corrected chi connectivity index (χ2v) is 6.78. The Morgan fingerprint density at radius 3 is 2.72 bits per heavy atom. The second-order valence-electron chi connectivity index (χ2n) is 6.06. The van der Waals surface area contributed by atoms with Crippen LogP contribution in [-0.2, 0) is 6.54 Å². The normalized spacial score (nSPS) is 14.1. The van der Waals surface area contributed by atoms with E-state index >= 15 is 0 Å². The lowest BCUT2D eigenvalue weighted by molar-refractivity contribution is 0.230. The van der Waals surface area contributed by atoms with Gasteiger partial charge >= 0.3 is 0 Å². The number of hydrogen-bond acceptors (Lipinski definition) is 4. The fourth-order valence-electron chi connectivity index (χ4n) is 1.81. The summed E-state index contributed by atoms with van der Waals surface area (Å²) in [6.45, 7) is 11.0. The van der Waals surface area contributed by atoms with Crippen molar-refractivity contribution in [3.8, 4) is 0 Å². The molecule has 0 bridgehead atoms. The first kappa shape index (κ1) is 15.6. The monoisotopic (exact) mass is 269 g/mol. The lowest BCUT2D eigenvalue weighted by Crippen LogP contribution is -2.37. The van der Waals surface area contributed by atoms with Crippen molar-refractivity contribution in [2.45, 2.75) is 58.7 Å². The molecule has 0 aromatic carbocycles. The minimum Gasteiger partial charge on any atom is -0.312 e. The highest BCUT2D eigenvalue weighted by molar-refractivity contribution is 7.07. The molecule has 0 saturated heterocycles. The van der Waals surface area contributed by atoms with Gasteiger partial charge in [0.05, 0.1) is 11.2 Å². The van der Waals surface area contributed by atoms with Gasteiger partial charge in [-0.1, -0.05) is 0 Å². The highest BCUT2D eigenvalue weighted by Crippen LogP contribution is 2.10. The van der Waals surface area contributed by atoms with Crippen LogP contribution in [0.15, 0.2) is 10.9 Å². The van der Waals surface area contributed by atoms with Crippen LogP contribution in [0, 0.1) is 0 Å². The molecule has 1 rings (SSSR count). The van der Waals surface area contributed by atoms with Gasteiger partial charge in [0.1, 0.15) is 0 Å². The van der Waals surface area contributed by atoms with Gasteiger partial charge in [0.2, 0.25) is 0 Å². The van der Waals surface area contributed by atoms with E-state index in [1.54, 1.807) is 11.3 Å². The Morgan fingerprint density at radius 2 is 2.17 bits per heavy atom. The molecule has 1 N–H and O–H groups in total. The van der Waals surface area contributed by atoms with Crippen LogP contribution in [-0.4, -0.2) is 35.1 Å². The van der Waals surface area contributed by atoms with Crippen LogP contribution in [0.1, 0.15) is 46.2 Å². The van der Waals surface area contributed by atoms with E-state index in [1.165, 1.54) is 18.5 Å². The molecule has 1 aromatic rings. The molecule has 1 unspecified atom stereocenters. The van der Waals surface area contributed by atoms with Gasteiger partial charge in [-0.05, 0) is 54.1 Å². The molecule has 0 spiro atoms. The predicted molar refractivity (Wildman–Crippen MR) is 80.0 cm³/mol. The summed E-state index contributed by atoms with van der Waals surface area (Å²) in [4.78, 5) is 6.71. The van der Waals surface area contributed by atoms with Crippen molar-refractivity contribution in [2.75, 3.05) is 13.6 Å². The van der Waals surface area contributed by atoms with Gasteiger partial charge in [0, 0.05) is 23.5 Å². The molecule has 4 heteroatoms. The molecule has 0 aliphatic rings. The standard InChI is InChI=1S/C14H27N3S/c1-12(7-6-8-16-14(2,3)4)17(5)9-13-10-18-11-15-13/h10-12,16H,6-9H2,1-5H3. The average molecular weight is 269 g/mol. The van der Waals surface area contributed by atoms with Crippen molar-refractivity contribution in [1.29, 1.82) is 0 Å². The minimum atomic E-state index is 0.232. The summed E-state index contributed by atoms with van der Waals surface area (Å²) < 4.78 is 0. The third-order valence-electron chi connectivity index (χ3n) is 3.10. The number of nitrogens with zero attached hydrogens (tertiary/aromatic N) is 2. The van der Waals surface area contributed by atoms with Crippen LogP contribution >= 0.6 is 11.3 Å². The first-order chi connectivity index (χ1) is 8.38. The Labute approximate surface area is 116 Å². The van der Waals surface area contributed by atoms with E-state index in [9.17, 15) is 0 Å². The first-order valence-corrected chi connectivity index (χ1v) is 7.65. The highest BCUT2D eigenvalue weighted by Gasteiger charge is 2.12. The molecule has 0 aliphatic carbocycles. The van der Waals surface area contributed by atoms with Crippen molar-refractivity contribution in [3.63, 3.8) is 0 Å². The van der Waals surface area contributed by atoms with E-state index in [2.05, 4.69) is 55.3 Å². The lowest BCUT2D eigenvalue weighted by atomic mass is 10.1. The molecule has 0 aliphatic heterocycles. The molecule has 3 nitrogen and oxygen atoms in total. The quantitative estimate of drug-likeness (QED) is 0.771. The van der Waals surface area contributed by atoms with E-state index in [1.807, 2.05) is 5.51 Å². The summed E-state index contributed by atoms with van der Waals surface area (Å²) in [6, 6.07) is 0.605. The zero-order chi connectivity index (χ0) is 13.6. The van der Waals surface area contributed by atoms with Gasteiger partial charge < -0.3 is 5.32 Å². The molecular formula is C14H27N3S. The topological polar surface area (TPSA) is 28.2 Å². The zero-order valence-electron chi connectivity index (χ0n) is 12.4. The second kappa shape index (κ2) is 7.22. The summed E-state index contributed by atoms with van der Waals surface area (Å²) in [5, 5.41) is 5.66. The van der Waals surface area contributed by atoms with Crippen molar-refractivity contribution < 1.29 is 0 Å². The molecular weight excluding hydrogens is 242 g/mol. The van der Waals surface area contributed by atoms with Crippen LogP contribution in [0.25, 0.3) is 0 Å². The Hall–Kier alpha value is -0.450. The first-order valence-electron chi connectivity index (χ1n) is 6.71. The summed E-state index contributed by atoms with van der Waals surface area (Å²) in [7, 11) is 2.18. The Bertz CT molecular complexity index is 316. The van der Waals surface area contributed by atoms with Crippen LogP contribution in [0.3, 0.4) is 0 Å². The van der Waals surface area contributed by atoms with Gasteiger partial charge in [-0.25, -0.2) is 4.98 Å². The van der Waals surface area contributed by atoms with Gasteiger partial charge in [-0.15, -0.1) is 11.3 Å². The molecule has 1 atom stereocenters. The molecule has 104 valence electrons. The third-order valence-corrected chi connectivity index (χ3v) is 3.74. The van der Waals surface area contributed by atoms with E-state index in [4.69, 9.17) is 0 Å². The van der Waals surface area contributed by atoms with Gasteiger partial charge in [-0.2, -0.15) is 0 Å². The number of hydrogen-bond donors (Lipinski definition) is 1. The Balaban J connectivity index is 2.18. The number of aromatic nitrogens is 1. The van der Waals surface area contributed by atoms with Crippen molar-refractivity contribution in [3.05, 3.63) is 16.6 Å². The number of nitrogens with one attached hydrogen (secondary N) is 1. The maximum Gasteiger partial charge on any atom is 0.0795 e. The smallest absolute Gasteiger partial charge is 0.0795 e. The highest BCUT2D eigenvalue weighted by atomic mass is 32.1. The third kappa shape index (κ3) is 6.47. The zero-order valence-corrected chi connectivity index (χ0v) is 13.2. The maximum absolute atomic E-state index is 4.33. The minimum absolute atomic E-state index is 0.232. The van der Waals surface area contributed by atoms with Crippen LogP contribution in [0.2, 0.25) is 0 Å². The van der Waals surface area contributed by atoms with E-state index in [-0.39, 0.29) is 5.54 Å². The Kier molecular flexibility index (Phi) is 6.26. The predicted octanol–water partition coefficient (Wildman–Crippen LogP) is 3.13. The molecule has 0 amide bonds. The van der Waals surface area contributed by atoms with E-state index in [0.29, 0.717) is 6.04 Å². The van der Waals surface area contributed by atoms with Crippen LogP contribution in [0.5, 0.6) is 0 Å². The van der Waals surface area contributed by atoms with Crippen molar-refractivity contribution in [2.24, 2.45) is 0 Å². The maximum atomic E-state index is 4.33. The SMILES string of the molecule is CC(CCCNC(C)(C)C)N(C)Cc1cscn1. The molecule has 0 fully saturated rings. The Morgan fingerprint density at radius 1 is 1.44 bits per heavy atom. The molecule has 1 aromatic heterocycles. The molecule has 0 radical (unpaired) electrons. The fraction of sp³-hybridized carbons (Fsp3) is 0.786. The lowest BCUT2D eigenvalue weighted by Gasteiger charge is -2.25. The van der Waals surface area contributed by atoms with Gasteiger partial charge in [-0.3, -0.25) is 4.90 Å². The van der Waals surface area contributed by atoms with Crippen molar-refractivity contribution >= 4 is 11.3 Å². The summed E-state index contributed by atoms with van der Waals surface area (Å²) in [5.41, 5.74) is 3.32. The van der Waals surface area contributed by atoms with Crippen LogP contribution < -0.4 is 5.32 Å². The molecule has 0 saturated carbocycles. The molecule has 1 heterocycles. The largest absolute Gasteiger partial charge is 0.312 e. The molecule has 18 heavy (non-hydrogen) atoms. The summed E-state index contributed by atoms with van der Waals surface area (Å²) in [6.07, 6.45) is 2.45. The summed E-state index contributed by atoms with van der Waals surface area (Å²) in [5.74, 6) is 0. The average Bonchev–Trinajstić information content (AvgIpc) is 2.75. The van der Waals surface area contributed by atoms with Gasteiger partial charge in [0.25, 0.3) is 0 Å².